The lowest BCUT2D eigenvalue weighted by atomic mass is 10.2. The zero-order valence-electron chi connectivity index (χ0n) is 10.8. The van der Waals surface area contributed by atoms with E-state index in [0.29, 0.717) is 11.5 Å². The molecule has 0 saturated heterocycles. The molecule has 0 fully saturated rings. The van der Waals surface area contributed by atoms with Crippen molar-refractivity contribution >= 4 is 27.0 Å². The predicted molar refractivity (Wildman–Crippen MR) is 79.6 cm³/mol. The average Bonchev–Trinajstić information content (AvgIpc) is 2.89. The van der Waals surface area contributed by atoms with E-state index < -0.39 is 0 Å². The summed E-state index contributed by atoms with van der Waals surface area (Å²) >= 11 is 3.44. The molecule has 3 aromatic rings. The molecule has 1 heterocycles. The Morgan fingerprint density at radius 1 is 1.25 bits per heavy atom. The van der Waals surface area contributed by atoms with Crippen LogP contribution in [0.2, 0.25) is 0 Å². The third-order valence-electron chi connectivity index (χ3n) is 3.03. The molecule has 1 aromatic heterocycles. The Balaban J connectivity index is 2.07. The molecule has 3 rings (SSSR count). The summed E-state index contributed by atoms with van der Waals surface area (Å²) in [6.45, 7) is -0.00772. The van der Waals surface area contributed by atoms with Crippen LogP contribution >= 0.6 is 15.9 Å². The van der Waals surface area contributed by atoms with E-state index in [-0.39, 0.29) is 6.61 Å². The van der Waals surface area contributed by atoms with Crippen LogP contribution in [0.5, 0.6) is 5.75 Å². The van der Waals surface area contributed by atoms with Gasteiger partial charge in [-0.2, -0.15) is 0 Å². The Labute approximate surface area is 124 Å². The van der Waals surface area contributed by atoms with Crippen LogP contribution in [0, 0.1) is 0 Å². The Hall–Kier alpha value is -1.85. The van der Waals surface area contributed by atoms with Gasteiger partial charge in [-0.15, -0.1) is 0 Å². The highest BCUT2D eigenvalue weighted by Gasteiger charge is 2.10. The van der Waals surface area contributed by atoms with Gasteiger partial charge in [0.1, 0.15) is 11.3 Å². The highest BCUT2D eigenvalue weighted by atomic mass is 79.9. The van der Waals surface area contributed by atoms with Crippen molar-refractivity contribution in [2.24, 2.45) is 0 Å². The Kier molecular flexibility index (Phi) is 3.46. The number of aliphatic hydroxyl groups excluding tert-OH is 1. The molecule has 0 radical (unpaired) electrons. The van der Waals surface area contributed by atoms with Gasteiger partial charge >= 0.3 is 0 Å². The normalized spacial score (nSPS) is 10.9. The summed E-state index contributed by atoms with van der Waals surface area (Å²) in [4.78, 5) is 4.45. The van der Waals surface area contributed by atoms with E-state index in [2.05, 4.69) is 20.9 Å². The molecular formula is C15H12BrNO3. The largest absolute Gasteiger partial charge is 0.496 e. The van der Waals surface area contributed by atoms with Crippen molar-refractivity contribution in [1.82, 2.24) is 4.98 Å². The smallest absolute Gasteiger partial charge is 0.227 e. The van der Waals surface area contributed by atoms with Gasteiger partial charge in [0.15, 0.2) is 5.58 Å². The maximum Gasteiger partial charge on any atom is 0.227 e. The second-order valence-corrected chi connectivity index (χ2v) is 5.18. The molecule has 0 saturated carbocycles. The fraction of sp³-hybridized carbons (Fsp3) is 0.133. The summed E-state index contributed by atoms with van der Waals surface area (Å²) in [7, 11) is 1.62. The molecule has 0 amide bonds. The third kappa shape index (κ3) is 2.30. The third-order valence-corrected chi connectivity index (χ3v) is 3.65. The number of nitrogens with zero attached hydrogens (tertiary/aromatic N) is 1. The number of hydrogen-bond donors (Lipinski definition) is 1. The minimum Gasteiger partial charge on any atom is -0.496 e. The van der Waals surface area contributed by atoms with E-state index in [4.69, 9.17) is 14.3 Å². The van der Waals surface area contributed by atoms with Gasteiger partial charge in [-0.05, 0) is 51.8 Å². The van der Waals surface area contributed by atoms with Crippen LogP contribution in [-0.2, 0) is 6.61 Å². The topological polar surface area (TPSA) is 55.5 Å². The molecule has 20 heavy (non-hydrogen) atoms. The van der Waals surface area contributed by atoms with E-state index in [1.807, 2.05) is 36.4 Å². The second kappa shape index (κ2) is 5.26. The van der Waals surface area contributed by atoms with Crippen LogP contribution in [0.15, 0.2) is 45.3 Å². The molecule has 102 valence electrons. The highest BCUT2D eigenvalue weighted by molar-refractivity contribution is 9.10. The van der Waals surface area contributed by atoms with Crippen LogP contribution in [0.4, 0.5) is 0 Å². The summed E-state index contributed by atoms with van der Waals surface area (Å²) < 4.78 is 11.8. The summed E-state index contributed by atoms with van der Waals surface area (Å²) in [5.41, 5.74) is 3.11. The zero-order valence-corrected chi connectivity index (χ0v) is 12.3. The van der Waals surface area contributed by atoms with Gasteiger partial charge < -0.3 is 14.3 Å². The number of fused-ring (bicyclic) bond motifs is 1. The summed E-state index contributed by atoms with van der Waals surface area (Å²) in [6, 6.07) is 11.1. The molecule has 0 aliphatic carbocycles. The number of aliphatic hydroxyl groups is 1. The van der Waals surface area contributed by atoms with Gasteiger partial charge in [0.25, 0.3) is 0 Å². The Bertz CT molecular complexity index is 767. The fourth-order valence-corrected chi connectivity index (χ4v) is 2.53. The van der Waals surface area contributed by atoms with Gasteiger partial charge in [0.2, 0.25) is 5.89 Å². The van der Waals surface area contributed by atoms with Crippen molar-refractivity contribution in [2.45, 2.75) is 6.61 Å². The summed E-state index contributed by atoms with van der Waals surface area (Å²) in [5.74, 6) is 1.30. The Morgan fingerprint density at radius 2 is 2.10 bits per heavy atom. The van der Waals surface area contributed by atoms with Crippen molar-refractivity contribution in [1.29, 1.82) is 0 Å². The molecule has 4 nitrogen and oxygen atoms in total. The quantitative estimate of drug-likeness (QED) is 0.792. The summed E-state index contributed by atoms with van der Waals surface area (Å²) in [5, 5.41) is 9.14. The minimum absolute atomic E-state index is 0.00772. The average molecular weight is 334 g/mol. The molecule has 0 atom stereocenters. The molecule has 0 aliphatic rings. The lowest BCUT2D eigenvalue weighted by molar-refractivity contribution is 0.282. The number of methoxy groups -OCH3 is 1. The highest BCUT2D eigenvalue weighted by Crippen LogP contribution is 2.31. The second-order valence-electron chi connectivity index (χ2n) is 4.33. The first-order valence-electron chi connectivity index (χ1n) is 6.05. The van der Waals surface area contributed by atoms with E-state index in [9.17, 15) is 0 Å². The molecule has 1 N–H and O–H groups in total. The first-order chi connectivity index (χ1) is 9.71. The molecule has 0 unspecified atom stereocenters. The number of hydrogen-bond acceptors (Lipinski definition) is 4. The molecule has 0 spiro atoms. The number of oxazole rings is 1. The monoisotopic (exact) mass is 333 g/mol. The van der Waals surface area contributed by atoms with Crippen molar-refractivity contribution in [3.05, 3.63) is 46.4 Å². The van der Waals surface area contributed by atoms with Crippen LogP contribution in [-0.4, -0.2) is 17.2 Å². The number of aromatic nitrogens is 1. The number of ether oxygens (including phenoxy) is 1. The van der Waals surface area contributed by atoms with Gasteiger partial charge in [-0.1, -0.05) is 6.07 Å². The molecule has 0 bridgehead atoms. The molecule has 2 aromatic carbocycles. The maximum absolute atomic E-state index is 9.14. The molecular weight excluding hydrogens is 322 g/mol. The first-order valence-corrected chi connectivity index (χ1v) is 6.85. The van der Waals surface area contributed by atoms with Crippen molar-refractivity contribution in [3.8, 4) is 17.2 Å². The minimum atomic E-state index is -0.00772. The van der Waals surface area contributed by atoms with Crippen molar-refractivity contribution in [3.63, 3.8) is 0 Å². The zero-order chi connectivity index (χ0) is 14.1. The molecule has 5 heteroatoms. The number of halogens is 1. The van der Waals surface area contributed by atoms with Gasteiger partial charge in [-0.3, -0.25) is 0 Å². The SMILES string of the molecule is COc1ccc(-c2nc3cc(CO)ccc3o2)cc1Br. The van der Waals surface area contributed by atoms with Gasteiger partial charge in [0.05, 0.1) is 18.2 Å². The van der Waals surface area contributed by atoms with Crippen molar-refractivity contribution < 1.29 is 14.3 Å². The Morgan fingerprint density at radius 3 is 2.80 bits per heavy atom. The molecule has 0 aliphatic heterocycles. The van der Waals surface area contributed by atoms with E-state index in [1.165, 1.54) is 0 Å². The van der Waals surface area contributed by atoms with E-state index in [0.717, 1.165) is 26.9 Å². The standard InChI is InChI=1S/C15H12BrNO3/c1-19-13-5-3-10(7-11(13)16)15-17-12-6-9(8-18)2-4-14(12)20-15/h2-7,18H,8H2,1H3. The van der Waals surface area contributed by atoms with Crippen LogP contribution in [0.3, 0.4) is 0 Å². The predicted octanol–water partition coefficient (Wildman–Crippen LogP) is 3.76. The lowest BCUT2D eigenvalue weighted by Gasteiger charge is -2.03. The fourth-order valence-electron chi connectivity index (χ4n) is 1.99. The van der Waals surface area contributed by atoms with Crippen LogP contribution in [0.1, 0.15) is 5.56 Å². The van der Waals surface area contributed by atoms with Gasteiger partial charge in [0, 0.05) is 5.56 Å². The lowest BCUT2D eigenvalue weighted by Crippen LogP contribution is -1.85. The number of rotatable bonds is 3. The number of benzene rings is 2. The summed E-state index contributed by atoms with van der Waals surface area (Å²) in [6.07, 6.45) is 0. The van der Waals surface area contributed by atoms with Crippen LogP contribution < -0.4 is 4.74 Å². The van der Waals surface area contributed by atoms with E-state index in [1.54, 1.807) is 7.11 Å². The maximum atomic E-state index is 9.14. The van der Waals surface area contributed by atoms with E-state index >= 15 is 0 Å². The van der Waals surface area contributed by atoms with Gasteiger partial charge in [-0.25, -0.2) is 4.98 Å². The van der Waals surface area contributed by atoms with Crippen molar-refractivity contribution in [2.75, 3.05) is 7.11 Å². The van der Waals surface area contributed by atoms with Crippen LogP contribution in [0.25, 0.3) is 22.6 Å². The first kappa shape index (κ1) is 13.1.